The van der Waals surface area contributed by atoms with Crippen LogP contribution in [-0.2, 0) is 21.1 Å². The van der Waals surface area contributed by atoms with Crippen molar-refractivity contribution in [2.45, 2.75) is 30.6 Å². The molecule has 11 heteroatoms. The number of amides is 2. The molecule has 1 aliphatic carbocycles. The summed E-state index contributed by atoms with van der Waals surface area (Å²) in [5.74, 6) is -0.894. The standard InChI is InChI=1S/C23H20N4O4S3/c1-12-3-5-13(6-4-12)20(28)26-23-25-19-15(8-10-17(19)32-23)21(29)27-22-24-16-9-7-14(34(2,30)31)11-18(16)33-22/h3-7,9,11,15H,8,10H2,1-2H3,(H,24,27,29)(H,25,26,28). The van der Waals surface area contributed by atoms with E-state index in [0.29, 0.717) is 44.6 Å². The maximum Gasteiger partial charge on any atom is 0.257 e. The quantitative estimate of drug-likeness (QED) is 0.410. The Morgan fingerprint density at radius 3 is 2.47 bits per heavy atom. The Morgan fingerprint density at radius 2 is 1.74 bits per heavy atom. The number of thiazole rings is 2. The van der Waals surface area contributed by atoms with E-state index >= 15 is 0 Å². The van der Waals surface area contributed by atoms with E-state index in [-0.39, 0.29) is 16.7 Å². The number of hydrogen-bond acceptors (Lipinski definition) is 8. The fraction of sp³-hybridized carbons (Fsp3) is 0.217. The first-order chi connectivity index (χ1) is 16.2. The number of hydrogen-bond donors (Lipinski definition) is 2. The van der Waals surface area contributed by atoms with Gasteiger partial charge >= 0.3 is 0 Å². The van der Waals surface area contributed by atoms with Crippen molar-refractivity contribution >= 4 is 64.8 Å². The summed E-state index contributed by atoms with van der Waals surface area (Å²) < 4.78 is 24.3. The molecule has 0 fully saturated rings. The molecule has 0 bridgehead atoms. The molecule has 5 rings (SSSR count). The highest BCUT2D eigenvalue weighted by molar-refractivity contribution is 7.90. The smallest absolute Gasteiger partial charge is 0.257 e. The molecule has 174 valence electrons. The molecule has 0 aliphatic heterocycles. The molecule has 2 aromatic carbocycles. The minimum Gasteiger partial charge on any atom is -0.301 e. The highest BCUT2D eigenvalue weighted by Gasteiger charge is 2.33. The van der Waals surface area contributed by atoms with E-state index in [1.807, 2.05) is 19.1 Å². The van der Waals surface area contributed by atoms with Crippen molar-refractivity contribution in [3.63, 3.8) is 0 Å². The van der Waals surface area contributed by atoms with Crippen molar-refractivity contribution in [3.05, 3.63) is 64.2 Å². The average Bonchev–Trinajstić information content (AvgIpc) is 3.46. The van der Waals surface area contributed by atoms with Gasteiger partial charge in [-0.2, -0.15) is 0 Å². The zero-order chi connectivity index (χ0) is 24.0. The van der Waals surface area contributed by atoms with Crippen LogP contribution in [0.2, 0.25) is 0 Å². The van der Waals surface area contributed by atoms with Crippen LogP contribution in [0.1, 0.15) is 38.8 Å². The summed E-state index contributed by atoms with van der Waals surface area (Å²) in [6, 6.07) is 12.0. The SMILES string of the molecule is Cc1ccc(C(=O)Nc2nc3c(s2)CCC3C(=O)Nc2nc3ccc(S(C)(=O)=O)cc3s2)cc1. The van der Waals surface area contributed by atoms with Gasteiger partial charge in [0.05, 0.1) is 26.7 Å². The molecule has 2 heterocycles. The van der Waals surface area contributed by atoms with E-state index in [0.717, 1.165) is 16.7 Å². The van der Waals surface area contributed by atoms with Gasteiger partial charge in [0, 0.05) is 16.7 Å². The summed E-state index contributed by atoms with van der Waals surface area (Å²) in [7, 11) is -3.33. The van der Waals surface area contributed by atoms with Gasteiger partial charge < -0.3 is 5.32 Å². The second-order valence-electron chi connectivity index (χ2n) is 8.15. The molecule has 0 saturated carbocycles. The molecule has 2 aromatic heterocycles. The number of carbonyl (C=O) groups is 2. The van der Waals surface area contributed by atoms with Gasteiger partial charge in [-0.05, 0) is 50.1 Å². The number of nitrogens with one attached hydrogen (secondary N) is 2. The van der Waals surface area contributed by atoms with E-state index in [1.54, 1.807) is 24.3 Å². The van der Waals surface area contributed by atoms with Crippen LogP contribution in [0.25, 0.3) is 10.2 Å². The van der Waals surface area contributed by atoms with Crippen molar-refractivity contribution in [1.82, 2.24) is 9.97 Å². The molecule has 0 spiro atoms. The lowest BCUT2D eigenvalue weighted by molar-refractivity contribution is -0.117. The number of benzene rings is 2. The first kappa shape index (κ1) is 22.6. The van der Waals surface area contributed by atoms with Crippen LogP contribution in [0.15, 0.2) is 47.4 Å². The lowest BCUT2D eigenvalue weighted by Gasteiger charge is -2.08. The van der Waals surface area contributed by atoms with Crippen LogP contribution in [0.3, 0.4) is 0 Å². The molecule has 1 aliphatic rings. The number of nitrogens with zero attached hydrogens (tertiary/aromatic N) is 2. The number of anilines is 2. The van der Waals surface area contributed by atoms with Gasteiger partial charge in [-0.1, -0.05) is 29.0 Å². The van der Waals surface area contributed by atoms with E-state index in [2.05, 4.69) is 20.6 Å². The number of aryl methyl sites for hydroxylation is 2. The van der Waals surface area contributed by atoms with Gasteiger partial charge in [-0.3, -0.25) is 14.9 Å². The summed E-state index contributed by atoms with van der Waals surface area (Å²) >= 11 is 2.62. The summed E-state index contributed by atoms with van der Waals surface area (Å²) in [5, 5.41) is 6.56. The van der Waals surface area contributed by atoms with Crippen LogP contribution in [-0.4, -0.2) is 36.5 Å². The Hall–Kier alpha value is -3.15. The monoisotopic (exact) mass is 512 g/mol. The van der Waals surface area contributed by atoms with E-state index in [9.17, 15) is 18.0 Å². The third-order valence-electron chi connectivity index (χ3n) is 5.59. The molecular formula is C23H20N4O4S3. The van der Waals surface area contributed by atoms with Crippen LogP contribution in [0.4, 0.5) is 10.3 Å². The van der Waals surface area contributed by atoms with Crippen molar-refractivity contribution in [3.8, 4) is 0 Å². The van der Waals surface area contributed by atoms with Crippen LogP contribution >= 0.6 is 22.7 Å². The molecule has 4 aromatic rings. The molecule has 0 saturated heterocycles. The van der Waals surface area contributed by atoms with E-state index in [4.69, 9.17) is 0 Å². The van der Waals surface area contributed by atoms with Gasteiger partial charge in [-0.25, -0.2) is 18.4 Å². The third-order valence-corrected chi connectivity index (χ3v) is 8.68. The van der Waals surface area contributed by atoms with E-state index in [1.165, 1.54) is 28.7 Å². The van der Waals surface area contributed by atoms with Crippen LogP contribution in [0.5, 0.6) is 0 Å². The van der Waals surface area contributed by atoms with Crippen LogP contribution in [0, 0.1) is 6.92 Å². The van der Waals surface area contributed by atoms with E-state index < -0.39 is 15.8 Å². The Balaban J connectivity index is 1.30. The van der Waals surface area contributed by atoms with Crippen molar-refractivity contribution < 1.29 is 18.0 Å². The maximum atomic E-state index is 13.0. The van der Waals surface area contributed by atoms with Gasteiger partial charge in [0.25, 0.3) is 5.91 Å². The molecule has 1 atom stereocenters. The first-order valence-electron chi connectivity index (χ1n) is 10.5. The van der Waals surface area contributed by atoms with Crippen molar-refractivity contribution in [2.75, 3.05) is 16.9 Å². The molecule has 1 unspecified atom stereocenters. The molecule has 2 N–H and O–H groups in total. The van der Waals surface area contributed by atoms with Crippen LogP contribution < -0.4 is 10.6 Å². The molecular weight excluding hydrogens is 492 g/mol. The number of carbonyl (C=O) groups excluding carboxylic acids is 2. The molecule has 8 nitrogen and oxygen atoms in total. The molecule has 34 heavy (non-hydrogen) atoms. The van der Waals surface area contributed by atoms with Gasteiger partial charge in [0.2, 0.25) is 5.91 Å². The first-order valence-corrected chi connectivity index (χ1v) is 14.0. The largest absolute Gasteiger partial charge is 0.301 e. The number of sulfone groups is 1. The maximum absolute atomic E-state index is 13.0. The Bertz CT molecular complexity index is 1540. The minimum atomic E-state index is -3.33. The molecule has 0 radical (unpaired) electrons. The predicted octanol–water partition coefficient (Wildman–Crippen LogP) is 4.39. The summed E-state index contributed by atoms with van der Waals surface area (Å²) in [5.41, 5.74) is 2.92. The number of fused-ring (bicyclic) bond motifs is 2. The Labute approximate surface area is 204 Å². The minimum absolute atomic E-state index is 0.213. The lowest BCUT2D eigenvalue weighted by atomic mass is 10.1. The number of rotatable bonds is 5. The van der Waals surface area contributed by atoms with Crippen molar-refractivity contribution in [1.29, 1.82) is 0 Å². The second-order valence-corrected chi connectivity index (χ2v) is 12.3. The van der Waals surface area contributed by atoms with Gasteiger partial charge in [0.1, 0.15) is 0 Å². The highest BCUT2D eigenvalue weighted by Crippen LogP contribution is 2.39. The zero-order valence-corrected chi connectivity index (χ0v) is 20.7. The zero-order valence-electron chi connectivity index (χ0n) is 18.3. The topological polar surface area (TPSA) is 118 Å². The fourth-order valence-electron chi connectivity index (χ4n) is 3.79. The average molecular weight is 513 g/mol. The number of aromatic nitrogens is 2. The van der Waals surface area contributed by atoms with Gasteiger partial charge in [0.15, 0.2) is 20.1 Å². The molecule has 2 amide bonds. The van der Waals surface area contributed by atoms with Gasteiger partial charge in [-0.15, -0.1) is 11.3 Å². The predicted molar refractivity (Wildman–Crippen MR) is 134 cm³/mol. The fourth-order valence-corrected chi connectivity index (χ4v) is 6.45. The summed E-state index contributed by atoms with van der Waals surface area (Å²) in [4.78, 5) is 35.7. The Morgan fingerprint density at radius 1 is 1.00 bits per heavy atom. The summed E-state index contributed by atoms with van der Waals surface area (Å²) in [6.07, 6.45) is 2.50. The second kappa shape index (κ2) is 8.57. The highest BCUT2D eigenvalue weighted by atomic mass is 32.2. The lowest BCUT2D eigenvalue weighted by Crippen LogP contribution is -2.20. The Kier molecular flexibility index (Phi) is 5.70. The summed E-state index contributed by atoms with van der Waals surface area (Å²) in [6.45, 7) is 1.96. The van der Waals surface area contributed by atoms with Crippen molar-refractivity contribution in [2.24, 2.45) is 0 Å². The normalized spacial score (nSPS) is 15.3. The third kappa shape index (κ3) is 4.46.